The maximum atomic E-state index is 10.0. The molecular weight excluding hydrogens is 405 g/mol. The van der Waals surface area contributed by atoms with E-state index >= 15 is 0 Å². The molecule has 1 aliphatic heterocycles. The number of guanidine groups is 1. The zero-order chi connectivity index (χ0) is 17.0. The van der Waals surface area contributed by atoms with Gasteiger partial charge in [-0.3, -0.25) is 4.99 Å². The fourth-order valence-corrected chi connectivity index (χ4v) is 2.48. The minimum absolute atomic E-state index is 0. The molecule has 138 valence electrons. The topological polar surface area (TPSA) is 57.1 Å². The number of aliphatic hydroxyl groups excluding tert-OH is 1. The Morgan fingerprint density at radius 1 is 1.26 bits per heavy atom. The van der Waals surface area contributed by atoms with Crippen LogP contribution < -0.4 is 5.32 Å². The maximum absolute atomic E-state index is 10.0. The van der Waals surface area contributed by atoms with E-state index in [2.05, 4.69) is 63.7 Å². The third-order valence-electron chi connectivity index (χ3n) is 4.69. The molecule has 1 fully saturated rings. The zero-order valence-electron chi connectivity index (χ0n) is 15.8. The lowest BCUT2D eigenvalue weighted by atomic mass is 9.65. The summed E-state index contributed by atoms with van der Waals surface area (Å²) in [6.07, 6.45) is -0.551. The van der Waals surface area contributed by atoms with Gasteiger partial charge < -0.3 is 20.1 Å². The molecule has 0 aromatic heterocycles. The first kappa shape index (κ1) is 22.9. The summed E-state index contributed by atoms with van der Waals surface area (Å²) in [5, 5.41) is 13.3. The molecule has 0 amide bonds. The van der Waals surface area contributed by atoms with Crippen LogP contribution in [0.15, 0.2) is 4.99 Å². The van der Waals surface area contributed by atoms with Gasteiger partial charge in [-0.25, -0.2) is 0 Å². The van der Waals surface area contributed by atoms with Gasteiger partial charge in [0.2, 0.25) is 0 Å². The van der Waals surface area contributed by atoms with Gasteiger partial charge in [0.1, 0.15) is 0 Å². The highest BCUT2D eigenvalue weighted by Crippen LogP contribution is 2.46. The van der Waals surface area contributed by atoms with Crippen LogP contribution in [0.2, 0.25) is 0 Å². The molecule has 0 spiro atoms. The van der Waals surface area contributed by atoms with Crippen LogP contribution in [0.3, 0.4) is 0 Å². The van der Waals surface area contributed by atoms with Crippen molar-refractivity contribution in [3.63, 3.8) is 0 Å². The van der Waals surface area contributed by atoms with Crippen LogP contribution in [-0.2, 0) is 4.74 Å². The summed E-state index contributed by atoms with van der Waals surface area (Å²) in [4.78, 5) is 6.89. The first-order valence-corrected chi connectivity index (χ1v) is 8.43. The first-order chi connectivity index (χ1) is 10.1. The van der Waals surface area contributed by atoms with Gasteiger partial charge >= 0.3 is 0 Å². The third kappa shape index (κ3) is 6.05. The Balaban J connectivity index is 0.00000484. The minimum Gasteiger partial charge on any atom is -0.389 e. The fraction of sp³-hybridized carbons (Fsp3) is 0.941. The summed E-state index contributed by atoms with van der Waals surface area (Å²) in [7, 11) is 0. The third-order valence-corrected chi connectivity index (χ3v) is 4.69. The predicted octanol–water partition coefficient (Wildman–Crippen LogP) is 2.72. The van der Waals surface area contributed by atoms with Crippen molar-refractivity contribution in [2.45, 2.75) is 60.1 Å². The number of aliphatic hydroxyl groups is 1. The predicted molar refractivity (Wildman–Crippen MR) is 108 cm³/mol. The van der Waals surface area contributed by atoms with Gasteiger partial charge in [0.05, 0.1) is 19.3 Å². The molecule has 1 unspecified atom stereocenters. The number of likely N-dealkylation sites (tertiary alicyclic amines) is 1. The number of halogens is 1. The van der Waals surface area contributed by atoms with Crippen LogP contribution in [-0.4, -0.2) is 60.5 Å². The van der Waals surface area contributed by atoms with Crippen molar-refractivity contribution >= 4 is 29.9 Å². The van der Waals surface area contributed by atoms with Crippen molar-refractivity contribution in [2.75, 3.05) is 32.8 Å². The number of hydrogen-bond donors (Lipinski definition) is 2. The summed E-state index contributed by atoms with van der Waals surface area (Å²) in [5.41, 5.74) is 0.329. The van der Waals surface area contributed by atoms with E-state index in [0.29, 0.717) is 25.7 Å². The van der Waals surface area contributed by atoms with Crippen LogP contribution >= 0.6 is 24.0 Å². The van der Waals surface area contributed by atoms with Crippen LogP contribution in [0, 0.1) is 11.3 Å². The highest BCUT2D eigenvalue weighted by molar-refractivity contribution is 14.0. The highest BCUT2D eigenvalue weighted by atomic mass is 127. The minimum atomic E-state index is -0.551. The Kier molecular flexibility index (Phi) is 9.38. The summed E-state index contributed by atoms with van der Waals surface area (Å²) in [6.45, 7) is 18.5. The largest absolute Gasteiger partial charge is 0.389 e. The molecule has 0 radical (unpaired) electrons. The van der Waals surface area contributed by atoms with E-state index in [1.165, 1.54) is 0 Å². The molecule has 23 heavy (non-hydrogen) atoms. The average molecular weight is 441 g/mol. The SMILES string of the molecule is CCNC(=NCC(O)COCC(C)C)N1CC(C)(C)C1(C)C.I. The Bertz CT molecular complexity index is 384. The Morgan fingerprint density at radius 3 is 2.30 bits per heavy atom. The van der Waals surface area contributed by atoms with Crippen molar-refractivity contribution < 1.29 is 9.84 Å². The first-order valence-electron chi connectivity index (χ1n) is 8.43. The maximum Gasteiger partial charge on any atom is 0.194 e. The second-order valence-electron chi connectivity index (χ2n) is 7.81. The number of nitrogens with zero attached hydrogens (tertiary/aromatic N) is 2. The van der Waals surface area contributed by atoms with Crippen molar-refractivity contribution in [1.29, 1.82) is 0 Å². The van der Waals surface area contributed by atoms with Gasteiger partial charge in [0.25, 0.3) is 0 Å². The lowest BCUT2D eigenvalue weighted by Crippen LogP contribution is -2.72. The lowest BCUT2D eigenvalue weighted by molar-refractivity contribution is -0.0669. The quantitative estimate of drug-likeness (QED) is 0.363. The van der Waals surface area contributed by atoms with Crippen LogP contribution in [0.4, 0.5) is 0 Å². The van der Waals surface area contributed by atoms with Crippen molar-refractivity contribution in [3.05, 3.63) is 0 Å². The Labute approximate surface area is 159 Å². The second-order valence-corrected chi connectivity index (χ2v) is 7.81. The molecule has 1 aliphatic rings. The number of rotatable bonds is 7. The average Bonchev–Trinajstić information content (AvgIpc) is 2.40. The zero-order valence-corrected chi connectivity index (χ0v) is 18.2. The van der Waals surface area contributed by atoms with Crippen LogP contribution in [0.1, 0.15) is 48.5 Å². The fourth-order valence-electron chi connectivity index (χ4n) is 2.48. The van der Waals surface area contributed by atoms with E-state index < -0.39 is 6.10 Å². The summed E-state index contributed by atoms with van der Waals surface area (Å²) >= 11 is 0. The Hall–Kier alpha value is -0.0800. The molecule has 2 N–H and O–H groups in total. The van der Waals surface area contributed by atoms with Crippen molar-refractivity contribution in [2.24, 2.45) is 16.3 Å². The second kappa shape index (κ2) is 9.42. The van der Waals surface area contributed by atoms with E-state index in [1.54, 1.807) is 0 Å². The highest BCUT2D eigenvalue weighted by Gasteiger charge is 2.53. The molecule has 0 aromatic carbocycles. The van der Waals surface area contributed by atoms with E-state index in [0.717, 1.165) is 19.0 Å². The summed E-state index contributed by atoms with van der Waals surface area (Å²) < 4.78 is 5.47. The summed E-state index contributed by atoms with van der Waals surface area (Å²) in [6, 6.07) is 0. The molecule has 1 heterocycles. The smallest absolute Gasteiger partial charge is 0.194 e. The van der Waals surface area contributed by atoms with Gasteiger partial charge in [0.15, 0.2) is 5.96 Å². The van der Waals surface area contributed by atoms with E-state index in [1.807, 2.05) is 0 Å². The van der Waals surface area contributed by atoms with Gasteiger partial charge in [-0.1, -0.05) is 27.7 Å². The number of nitrogens with one attached hydrogen (secondary N) is 1. The molecule has 0 aliphatic carbocycles. The normalized spacial score (nSPS) is 20.7. The molecular formula is C17H36IN3O2. The van der Waals surface area contributed by atoms with Crippen LogP contribution in [0.5, 0.6) is 0 Å². The number of hydrogen-bond acceptors (Lipinski definition) is 3. The molecule has 5 nitrogen and oxygen atoms in total. The van der Waals surface area contributed by atoms with E-state index in [4.69, 9.17) is 4.74 Å². The summed E-state index contributed by atoms with van der Waals surface area (Å²) in [5.74, 6) is 1.37. The monoisotopic (exact) mass is 441 g/mol. The van der Waals surface area contributed by atoms with Gasteiger partial charge in [-0.05, 0) is 26.7 Å². The molecule has 1 rings (SSSR count). The van der Waals surface area contributed by atoms with Gasteiger partial charge in [-0.15, -0.1) is 24.0 Å². The number of aliphatic imine (C=N–C) groups is 1. The molecule has 0 bridgehead atoms. The molecule has 1 saturated heterocycles. The standard InChI is InChI=1S/C17H35N3O2.HI/c1-8-18-15(20-12-16(4,5)17(20,6)7)19-9-14(21)11-22-10-13(2)3;/h13-14,21H,8-12H2,1-7H3,(H,18,19);1H. The van der Waals surface area contributed by atoms with Crippen molar-refractivity contribution in [3.8, 4) is 0 Å². The molecule has 6 heteroatoms. The van der Waals surface area contributed by atoms with Crippen molar-refractivity contribution in [1.82, 2.24) is 10.2 Å². The molecule has 1 atom stereocenters. The Morgan fingerprint density at radius 2 is 1.87 bits per heavy atom. The lowest BCUT2D eigenvalue weighted by Gasteiger charge is -2.62. The van der Waals surface area contributed by atoms with E-state index in [9.17, 15) is 5.11 Å². The van der Waals surface area contributed by atoms with Gasteiger partial charge in [0, 0.05) is 30.7 Å². The number of ether oxygens (including phenoxy) is 1. The van der Waals surface area contributed by atoms with E-state index in [-0.39, 0.29) is 34.9 Å². The van der Waals surface area contributed by atoms with Gasteiger partial charge in [-0.2, -0.15) is 0 Å². The molecule has 0 saturated carbocycles. The van der Waals surface area contributed by atoms with Crippen LogP contribution in [0.25, 0.3) is 0 Å². The molecule has 0 aromatic rings.